The summed E-state index contributed by atoms with van der Waals surface area (Å²) >= 11 is 0. The van der Waals surface area contributed by atoms with Crippen LogP contribution in [-0.4, -0.2) is 59.1 Å². The van der Waals surface area contributed by atoms with Crippen molar-refractivity contribution >= 4 is 5.91 Å². The summed E-state index contributed by atoms with van der Waals surface area (Å²) < 4.78 is 6.12. The lowest BCUT2D eigenvalue weighted by atomic mass is 10.3. The van der Waals surface area contributed by atoms with Crippen LogP contribution < -0.4 is 5.56 Å². The van der Waals surface area contributed by atoms with Gasteiger partial charge in [0.2, 0.25) is 0 Å². The first-order valence-electron chi connectivity index (χ1n) is 7.00. The van der Waals surface area contributed by atoms with Crippen LogP contribution in [0, 0.1) is 0 Å². The molecule has 118 valence electrons. The Morgan fingerprint density at radius 3 is 2.86 bits per heavy atom. The van der Waals surface area contributed by atoms with E-state index in [4.69, 9.17) is 4.74 Å². The van der Waals surface area contributed by atoms with Crippen molar-refractivity contribution in [1.82, 2.24) is 14.7 Å². The van der Waals surface area contributed by atoms with Crippen molar-refractivity contribution in [3.05, 3.63) is 28.2 Å². The molecule has 0 saturated heterocycles. The van der Waals surface area contributed by atoms with Gasteiger partial charge in [-0.1, -0.05) is 13.3 Å². The largest absolute Gasteiger partial charge is 0.389 e. The minimum Gasteiger partial charge on any atom is -0.389 e. The molecule has 1 amide bonds. The summed E-state index contributed by atoms with van der Waals surface area (Å²) in [4.78, 5) is 25.2. The summed E-state index contributed by atoms with van der Waals surface area (Å²) in [6, 6.07) is 2.75. The average Bonchev–Trinajstić information content (AvgIpc) is 2.45. The Kier molecular flexibility index (Phi) is 7.04. The van der Waals surface area contributed by atoms with E-state index in [1.54, 1.807) is 7.05 Å². The van der Waals surface area contributed by atoms with Gasteiger partial charge in [0.1, 0.15) is 5.69 Å². The molecule has 1 unspecified atom stereocenters. The van der Waals surface area contributed by atoms with Crippen molar-refractivity contribution in [1.29, 1.82) is 0 Å². The Labute approximate surface area is 124 Å². The van der Waals surface area contributed by atoms with Crippen LogP contribution in [-0.2, 0) is 11.3 Å². The summed E-state index contributed by atoms with van der Waals surface area (Å²) in [6.07, 6.45) is 1.01. The van der Waals surface area contributed by atoms with Crippen molar-refractivity contribution < 1.29 is 14.6 Å². The molecule has 1 heterocycles. The van der Waals surface area contributed by atoms with E-state index in [-0.39, 0.29) is 30.3 Å². The van der Waals surface area contributed by atoms with Crippen LogP contribution in [0.3, 0.4) is 0 Å². The Morgan fingerprint density at radius 2 is 2.24 bits per heavy atom. The first-order chi connectivity index (χ1) is 9.99. The van der Waals surface area contributed by atoms with E-state index in [0.29, 0.717) is 6.54 Å². The Balaban J connectivity index is 2.79. The lowest BCUT2D eigenvalue weighted by Crippen LogP contribution is -2.37. The number of amides is 1. The summed E-state index contributed by atoms with van der Waals surface area (Å²) in [5, 5.41) is 13.7. The molecule has 1 N–H and O–H groups in total. The second-order valence-electron chi connectivity index (χ2n) is 4.93. The number of aryl methyl sites for hydroxylation is 1. The number of carbonyl (C=O) groups is 1. The minimum absolute atomic E-state index is 0.141. The van der Waals surface area contributed by atoms with Crippen LogP contribution in [0.25, 0.3) is 0 Å². The van der Waals surface area contributed by atoms with E-state index < -0.39 is 6.10 Å². The third kappa shape index (κ3) is 5.28. The van der Waals surface area contributed by atoms with E-state index >= 15 is 0 Å². The van der Waals surface area contributed by atoms with Gasteiger partial charge in [0.15, 0.2) is 0 Å². The SMILES string of the molecule is CCCCn1nc(C(=O)N(C)CC(O)COC)ccc1=O. The Bertz CT molecular complexity index is 515. The molecular weight excluding hydrogens is 274 g/mol. The lowest BCUT2D eigenvalue weighted by molar-refractivity contribution is 0.0377. The van der Waals surface area contributed by atoms with Gasteiger partial charge < -0.3 is 14.7 Å². The van der Waals surface area contributed by atoms with Gasteiger partial charge >= 0.3 is 0 Å². The summed E-state index contributed by atoms with van der Waals surface area (Å²) in [5.41, 5.74) is -0.0279. The minimum atomic E-state index is -0.755. The molecule has 0 saturated carbocycles. The third-order valence-corrected chi connectivity index (χ3v) is 3.00. The number of ether oxygens (including phenoxy) is 1. The maximum atomic E-state index is 12.2. The van der Waals surface area contributed by atoms with Gasteiger partial charge in [0.05, 0.1) is 12.7 Å². The van der Waals surface area contributed by atoms with E-state index in [0.717, 1.165) is 12.8 Å². The number of nitrogens with zero attached hydrogens (tertiary/aromatic N) is 3. The van der Waals surface area contributed by atoms with Crippen molar-refractivity contribution in [2.24, 2.45) is 0 Å². The first kappa shape index (κ1) is 17.3. The van der Waals surface area contributed by atoms with Gasteiger partial charge in [-0.2, -0.15) is 5.10 Å². The number of rotatable bonds is 8. The molecule has 0 radical (unpaired) electrons. The fourth-order valence-corrected chi connectivity index (χ4v) is 1.87. The molecule has 0 fully saturated rings. The highest BCUT2D eigenvalue weighted by Crippen LogP contribution is 2.00. The van der Waals surface area contributed by atoms with Crippen molar-refractivity contribution in [3.8, 4) is 0 Å². The molecule has 0 spiro atoms. The molecule has 1 rings (SSSR count). The number of likely N-dealkylation sites (N-methyl/N-ethyl adjacent to an activating group) is 1. The number of aliphatic hydroxyl groups excluding tert-OH is 1. The predicted octanol–water partition coefficient (Wildman–Crippen LogP) is 0.123. The predicted molar refractivity (Wildman–Crippen MR) is 78.2 cm³/mol. The normalized spacial score (nSPS) is 12.2. The van der Waals surface area contributed by atoms with Gasteiger partial charge in [-0.15, -0.1) is 0 Å². The summed E-state index contributed by atoms with van der Waals surface area (Å²) in [7, 11) is 3.06. The van der Waals surface area contributed by atoms with Crippen LogP contribution >= 0.6 is 0 Å². The quantitative estimate of drug-likeness (QED) is 0.737. The average molecular weight is 297 g/mol. The zero-order valence-corrected chi connectivity index (χ0v) is 12.8. The summed E-state index contributed by atoms with van der Waals surface area (Å²) in [5.74, 6) is -0.338. The zero-order valence-electron chi connectivity index (χ0n) is 12.8. The van der Waals surface area contributed by atoms with Gasteiger partial charge in [0, 0.05) is 33.3 Å². The fraction of sp³-hybridized carbons (Fsp3) is 0.643. The molecule has 1 aromatic heterocycles. The molecule has 1 atom stereocenters. The molecule has 7 heteroatoms. The number of unbranched alkanes of at least 4 members (excludes halogenated alkanes) is 1. The second kappa shape index (κ2) is 8.53. The first-order valence-corrected chi connectivity index (χ1v) is 7.00. The highest BCUT2D eigenvalue weighted by Gasteiger charge is 2.17. The molecule has 21 heavy (non-hydrogen) atoms. The number of hydrogen-bond acceptors (Lipinski definition) is 5. The zero-order chi connectivity index (χ0) is 15.8. The van der Waals surface area contributed by atoms with Crippen LogP contribution in [0.1, 0.15) is 30.3 Å². The van der Waals surface area contributed by atoms with Crippen LogP contribution in [0.5, 0.6) is 0 Å². The molecule has 0 aliphatic rings. The molecule has 0 aliphatic carbocycles. The molecule has 0 aromatic carbocycles. The van der Waals surface area contributed by atoms with E-state index in [1.807, 2.05) is 6.92 Å². The van der Waals surface area contributed by atoms with E-state index in [9.17, 15) is 14.7 Å². The summed E-state index contributed by atoms with van der Waals surface area (Å²) in [6.45, 7) is 2.81. The van der Waals surface area contributed by atoms with Crippen LogP contribution in [0.15, 0.2) is 16.9 Å². The maximum Gasteiger partial charge on any atom is 0.274 e. The monoisotopic (exact) mass is 297 g/mol. The molecule has 0 aliphatic heterocycles. The molecule has 0 bridgehead atoms. The van der Waals surface area contributed by atoms with Gasteiger partial charge in [0.25, 0.3) is 11.5 Å². The maximum absolute atomic E-state index is 12.2. The highest BCUT2D eigenvalue weighted by molar-refractivity contribution is 5.91. The fourth-order valence-electron chi connectivity index (χ4n) is 1.87. The second-order valence-corrected chi connectivity index (χ2v) is 4.93. The Morgan fingerprint density at radius 1 is 1.52 bits per heavy atom. The molecule has 1 aromatic rings. The van der Waals surface area contributed by atoms with Gasteiger partial charge in [-0.05, 0) is 12.5 Å². The van der Waals surface area contributed by atoms with Gasteiger partial charge in [-0.3, -0.25) is 9.59 Å². The standard InChI is InChI=1S/C14H23N3O4/c1-4-5-8-17-13(19)7-6-12(15-17)14(20)16(2)9-11(18)10-21-3/h6-7,11,18H,4-5,8-10H2,1-3H3. The number of aromatic nitrogens is 2. The number of carbonyl (C=O) groups excluding carboxylic acids is 1. The highest BCUT2D eigenvalue weighted by atomic mass is 16.5. The Hall–Kier alpha value is -1.73. The molecular formula is C14H23N3O4. The van der Waals surface area contributed by atoms with E-state index in [2.05, 4.69) is 5.10 Å². The third-order valence-electron chi connectivity index (χ3n) is 3.00. The number of aliphatic hydroxyl groups is 1. The topological polar surface area (TPSA) is 84.7 Å². The van der Waals surface area contributed by atoms with Crippen molar-refractivity contribution in [2.75, 3.05) is 27.3 Å². The van der Waals surface area contributed by atoms with Crippen molar-refractivity contribution in [2.45, 2.75) is 32.4 Å². The number of methoxy groups -OCH3 is 1. The van der Waals surface area contributed by atoms with Crippen LogP contribution in [0.4, 0.5) is 0 Å². The van der Waals surface area contributed by atoms with Crippen molar-refractivity contribution in [3.63, 3.8) is 0 Å². The van der Waals surface area contributed by atoms with Crippen LogP contribution in [0.2, 0.25) is 0 Å². The number of hydrogen-bond donors (Lipinski definition) is 1. The molecule has 7 nitrogen and oxygen atoms in total. The van der Waals surface area contributed by atoms with E-state index in [1.165, 1.54) is 28.8 Å². The smallest absolute Gasteiger partial charge is 0.274 e. The van der Waals surface area contributed by atoms with Gasteiger partial charge in [-0.25, -0.2) is 4.68 Å². The lowest BCUT2D eigenvalue weighted by Gasteiger charge is -2.20.